The number of hydrogen-bond donors (Lipinski definition) is 1. The molecule has 0 aliphatic carbocycles. The van der Waals surface area contributed by atoms with Crippen LogP contribution in [0.15, 0.2) is 66.7 Å². The van der Waals surface area contributed by atoms with Crippen LogP contribution in [0.2, 0.25) is 0 Å². The molecule has 126 valence electrons. The summed E-state index contributed by atoms with van der Waals surface area (Å²) in [6.45, 7) is 0. The number of ether oxygens (including phenoxy) is 1. The first kappa shape index (κ1) is 16.7. The topological polar surface area (TPSA) is 55.4 Å². The minimum Gasteiger partial charge on any atom is -0.465 e. The van der Waals surface area contributed by atoms with Crippen LogP contribution in [0.4, 0.5) is 5.69 Å². The van der Waals surface area contributed by atoms with E-state index in [1.54, 1.807) is 24.3 Å². The third-order valence-corrected chi connectivity index (χ3v) is 4.09. The molecule has 3 aromatic carbocycles. The lowest BCUT2D eigenvalue weighted by Gasteiger charge is -2.08. The SMILES string of the molecule is COC(=O)c1ccc(NC(=O)CCc2cccc3ccccc23)cc1. The summed E-state index contributed by atoms with van der Waals surface area (Å²) in [6, 6.07) is 21.0. The highest BCUT2D eigenvalue weighted by Gasteiger charge is 2.08. The average Bonchev–Trinajstić information content (AvgIpc) is 2.66. The Kier molecular flexibility index (Phi) is 5.09. The molecule has 1 N–H and O–H groups in total. The second kappa shape index (κ2) is 7.62. The van der Waals surface area contributed by atoms with Crippen molar-refractivity contribution in [1.82, 2.24) is 0 Å². The minimum atomic E-state index is -0.395. The van der Waals surface area contributed by atoms with Gasteiger partial charge < -0.3 is 10.1 Å². The zero-order chi connectivity index (χ0) is 17.6. The van der Waals surface area contributed by atoms with E-state index in [1.807, 2.05) is 18.2 Å². The lowest BCUT2D eigenvalue weighted by molar-refractivity contribution is -0.116. The maximum absolute atomic E-state index is 12.2. The van der Waals surface area contributed by atoms with E-state index >= 15 is 0 Å². The predicted molar refractivity (Wildman–Crippen MR) is 98.7 cm³/mol. The molecule has 0 unspecified atom stereocenters. The van der Waals surface area contributed by atoms with E-state index in [-0.39, 0.29) is 5.91 Å². The zero-order valence-electron chi connectivity index (χ0n) is 14.0. The van der Waals surface area contributed by atoms with Crippen molar-refractivity contribution in [3.63, 3.8) is 0 Å². The standard InChI is InChI=1S/C21H19NO3/c1-25-21(24)17-9-12-18(13-10-17)22-20(23)14-11-16-7-4-6-15-5-2-3-8-19(15)16/h2-10,12-13H,11,14H2,1H3,(H,22,23). The molecule has 0 aromatic heterocycles. The van der Waals surface area contributed by atoms with E-state index in [1.165, 1.54) is 17.9 Å². The van der Waals surface area contributed by atoms with Crippen LogP contribution in [-0.2, 0) is 16.0 Å². The number of amides is 1. The fourth-order valence-electron chi connectivity index (χ4n) is 2.79. The van der Waals surface area contributed by atoms with Gasteiger partial charge in [-0.2, -0.15) is 0 Å². The van der Waals surface area contributed by atoms with Crippen LogP contribution in [0.3, 0.4) is 0 Å². The number of fused-ring (bicyclic) bond motifs is 1. The third-order valence-electron chi connectivity index (χ3n) is 4.09. The molecule has 4 nitrogen and oxygen atoms in total. The lowest BCUT2D eigenvalue weighted by Crippen LogP contribution is -2.12. The van der Waals surface area contributed by atoms with Crippen molar-refractivity contribution >= 4 is 28.3 Å². The van der Waals surface area contributed by atoms with Crippen molar-refractivity contribution in [3.8, 4) is 0 Å². The Hall–Kier alpha value is -3.14. The fraction of sp³-hybridized carbons (Fsp3) is 0.143. The van der Waals surface area contributed by atoms with Gasteiger partial charge in [-0.15, -0.1) is 0 Å². The van der Waals surface area contributed by atoms with Crippen molar-refractivity contribution in [1.29, 1.82) is 0 Å². The molecule has 3 rings (SSSR count). The molecule has 0 heterocycles. The molecule has 0 aliphatic heterocycles. The van der Waals surface area contributed by atoms with Crippen LogP contribution in [-0.4, -0.2) is 19.0 Å². The second-order valence-electron chi connectivity index (χ2n) is 5.76. The quantitative estimate of drug-likeness (QED) is 0.712. The van der Waals surface area contributed by atoms with E-state index in [0.717, 1.165) is 5.56 Å². The van der Waals surface area contributed by atoms with Gasteiger partial charge in [0.15, 0.2) is 0 Å². The van der Waals surface area contributed by atoms with Gasteiger partial charge in [0.2, 0.25) is 5.91 Å². The summed E-state index contributed by atoms with van der Waals surface area (Å²) >= 11 is 0. The van der Waals surface area contributed by atoms with E-state index < -0.39 is 5.97 Å². The first-order chi connectivity index (χ1) is 12.2. The molecule has 0 saturated carbocycles. The van der Waals surface area contributed by atoms with Gasteiger partial charge in [-0.1, -0.05) is 42.5 Å². The summed E-state index contributed by atoms with van der Waals surface area (Å²) in [6.07, 6.45) is 1.07. The third kappa shape index (κ3) is 4.04. The van der Waals surface area contributed by atoms with E-state index in [4.69, 9.17) is 0 Å². The Balaban J connectivity index is 1.62. The summed E-state index contributed by atoms with van der Waals surface area (Å²) in [4.78, 5) is 23.6. The largest absolute Gasteiger partial charge is 0.465 e. The normalized spacial score (nSPS) is 10.4. The molecule has 0 radical (unpaired) electrons. The monoisotopic (exact) mass is 333 g/mol. The van der Waals surface area contributed by atoms with Crippen LogP contribution in [0.1, 0.15) is 22.3 Å². The van der Waals surface area contributed by atoms with E-state index in [0.29, 0.717) is 24.1 Å². The van der Waals surface area contributed by atoms with Crippen molar-refractivity contribution in [2.24, 2.45) is 0 Å². The molecule has 3 aromatic rings. The van der Waals surface area contributed by atoms with E-state index in [9.17, 15) is 9.59 Å². The maximum Gasteiger partial charge on any atom is 0.337 e. The van der Waals surface area contributed by atoms with Crippen molar-refractivity contribution < 1.29 is 14.3 Å². The number of carbonyl (C=O) groups excluding carboxylic acids is 2. The predicted octanol–water partition coefficient (Wildman–Crippen LogP) is 4.20. The van der Waals surface area contributed by atoms with Gasteiger partial charge in [0.05, 0.1) is 12.7 Å². The van der Waals surface area contributed by atoms with Gasteiger partial charge in [-0.3, -0.25) is 4.79 Å². The Morgan fingerprint density at radius 3 is 2.40 bits per heavy atom. The van der Waals surface area contributed by atoms with Gasteiger partial charge in [0.25, 0.3) is 0 Å². The zero-order valence-corrected chi connectivity index (χ0v) is 14.0. The van der Waals surface area contributed by atoms with Gasteiger partial charge in [-0.25, -0.2) is 4.79 Å². The molecular weight excluding hydrogens is 314 g/mol. The number of methoxy groups -OCH3 is 1. The summed E-state index contributed by atoms with van der Waals surface area (Å²) < 4.78 is 4.65. The summed E-state index contributed by atoms with van der Waals surface area (Å²) in [5, 5.41) is 5.21. The molecule has 0 saturated heterocycles. The highest BCUT2D eigenvalue weighted by molar-refractivity contribution is 5.93. The Morgan fingerprint density at radius 1 is 0.920 bits per heavy atom. The van der Waals surface area contributed by atoms with Crippen molar-refractivity contribution in [3.05, 3.63) is 77.9 Å². The molecule has 25 heavy (non-hydrogen) atoms. The molecule has 0 spiro atoms. The first-order valence-electron chi connectivity index (χ1n) is 8.12. The molecule has 0 fully saturated rings. The molecular formula is C21H19NO3. The number of hydrogen-bond acceptors (Lipinski definition) is 3. The average molecular weight is 333 g/mol. The molecule has 4 heteroatoms. The van der Waals surface area contributed by atoms with Crippen LogP contribution >= 0.6 is 0 Å². The van der Waals surface area contributed by atoms with Crippen LogP contribution in [0, 0.1) is 0 Å². The Bertz CT molecular complexity index is 895. The number of anilines is 1. The fourth-order valence-corrected chi connectivity index (χ4v) is 2.79. The summed E-state index contributed by atoms with van der Waals surface area (Å²) in [7, 11) is 1.34. The smallest absolute Gasteiger partial charge is 0.337 e. The molecule has 0 aliphatic rings. The second-order valence-corrected chi connectivity index (χ2v) is 5.76. The van der Waals surface area contributed by atoms with Crippen LogP contribution in [0.5, 0.6) is 0 Å². The number of rotatable bonds is 5. The van der Waals surface area contributed by atoms with Crippen LogP contribution in [0.25, 0.3) is 10.8 Å². The molecule has 1 amide bonds. The van der Waals surface area contributed by atoms with Gasteiger partial charge >= 0.3 is 5.97 Å². The number of benzene rings is 3. The number of nitrogens with one attached hydrogen (secondary N) is 1. The number of carbonyl (C=O) groups is 2. The highest BCUT2D eigenvalue weighted by atomic mass is 16.5. The molecule has 0 atom stereocenters. The lowest BCUT2D eigenvalue weighted by atomic mass is 10.0. The van der Waals surface area contributed by atoms with Crippen LogP contribution < -0.4 is 5.32 Å². The first-order valence-corrected chi connectivity index (χ1v) is 8.12. The maximum atomic E-state index is 12.2. The van der Waals surface area contributed by atoms with Gasteiger partial charge in [-0.05, 0) is 47.0 Å². The number of aryl methyl sites for hydroxylation is 1. The molecule has 0 bridgehead atoms. The van der Waals surface area contributed by atoms with E-state index in [2.05, 4.69) is 34.3 Å². The summed E-state index contributed by atoms with van der Waals surface area (Å²) in [5.74, 6) is -0.451. The van der Waals surface area contributed by atoms with Crippen molar-refractivity contribution in [2.75, 3.05) is 12.4 Å². The summed E-state index contributed by atoms with van der Waals surface area (Å²) in [5.41, 5.74) is 2.28. The van der Waals surface area contributed by atoms with Crippen molar-refractivity contribution in [2.45, 2.75) is 12.8 Å². The number of esters is 1. The van der Waals surface area contributed by atoms with Gasteiger partial charge in [0.1, 0.15) is 0 Å². The Labute approximate surface area is 146 Å². The Morgan fingerprint density at radius 2 is 1.64 bits per heavy atom. The highest BCUT2D eigenvalue weighted by Crippen LogP contribution is 2.20. The van der Waals surface area contributed by atoms with Gasteiger partial charge in [0, 0.05) is 12.1 Å². The minimum absolute atomic E-state index is 0.0567.